The third-order valence-corrected chi connectivity index (χ3v) is 5.66. The number of hydrogen-bond donors (Lipinski definition) is 2. The minimum atomic E-state index is -0.569. The fourth-order valence-corrected chi connectivity index (χ4v) is 4.11. The van der Waals surface area contributed by atoms with Crippen LogP contribution in [0.15, 0.2) is 36.5 Å². The quantitative estimate of drug-likeness (QED) is 0.637. The van der Waals surface area contributed by atoms with Crippen LogP contribution in [0.2, 0.25) is 0 Å². The van der Waals surface area contributed by atoms with Gasteiger partial charge in [-0.15, -0.1) is 0 Å². The molecule has 32 heavy (non-hydrogen) atoms. The molecule has 10 heteroatoms. The van der Waals surface area contributed by atoms with Crippen molar-refractivity contribution in [3.63, 3.8) is 0 Å². The van der Waals surface area contributed by atoms with Gasteiger partial charge in [-0.25, -0.2) is 14.1 Å². The number of aromatic nitrogens is 3. The van der Waals surface area contributed by atoms with Gasteiger partial charge in [-0.1, -0.05) is 6.07 Å². The number of anilines is 1. The molecule has 0 radical (unpaired) electrons. The van der Waals surface area contributed by atoms with Crippen LogP contribution in [0.1, 0.15) is 21.6 Å². The highest BCUT2D eigenvalue weighted by atomic mass is 19.1. The summed E-state index contributed by atoms with van der Waals surface area (Å²) in [5.41, 5.74) is 1.75. The number of hydrogen-bond acceptors (Lipinski definition) is 7. The van der Waals surface area contributed by atoms with E-state index in [2.05, 4.69) is 15.4 Å². The summed E-state index contributed by atoms with van der Waals surface area (Å²) in [5.74, 6) is -0.235. The number of pyridine rings is 1. The predicted molar refractivity (Wildman–Crippen MR) is 112 cm³/mol. The van der Waals surface area contributed by atoms with Crippen LogP contribution in [-0.4, -0.2) is 58.2 Å². The molecule has 1 atom stereocenters. The number of morpholine rings is 1. The Morgan fingerprint density at radius 3 is 3.03 bits per heavy atom. The Kier molecular flexibility index (Phi) is 5.05. The van der Waals surface area contributed by atoms with E-state index in [1.165, 1.54) is 18.2 Å². The molecule has 4 heterocycles. The molecule has 162 valence electrons. The van der Waals surface area contributed by atoms with Crippen LogP contribution in [0.4, 0.5) is 10.2 Å². The standard InChI is InChI=1S/C22H19FN6O3/c23-15-3-1-2-13(9-24)20(15)16-8-18(21-17(26-16)10-25-22(21)31)29-5-4-19(27-29)28-6-7-32-12-14(28)11-30/h1-5,8,14,30H,6-7,10-12H2,(H,25,31)/t14-/m0/s1. The SMILES string of the molecule is N#Cc1cccc(F)c1-c1cc(-n2ccc(N3CCOC[C@@H]3CO)n2)c2c(n1)CNC2=O. The fraction of sp³-hybridized carbons (Fsp3) is 0.273. The number of aliphatic hydroxyl groups excluding tert-OH is 1. The van der Waals surface area contributed by atoms with Gasteiger partial charge in [0.15, 0.2) is 5.82 Å². The number of halogens is 1. The molecule has 3 aromatic rings. The third-order valence-electron chi connectivity index (χ3n) is 5.66. The molecular formula is C22H19FN6O3. The minimum Gasteiger partial charge on any atom is -0.394 e. The van der Waals surface area contributed by atoms with Crippen LogP contribution in [0.3, 0.4) is 0 Å². The van der Waals surface area contributed by atoms with Crippen molar-refractivity contribution in [2.45, 2.75) is 12.6 Å². The van der Waals surface area contributed by atoms with Gasteiger partial charge in [0, 0.05) is 18.8 Å². The van der Waals surface area contributed by atoms with E-state index in [9.17, 15) is 19.6 Å². The van der Waals surface area contributed by atoms with Gasteiger partial charge < -0.3 is 20.1 Å². The van der Waals surface area contributed by atoms with Crippen molar-refractivity contribution in [2.24, 2.45) is 0 Å². The molecule has 0 unspecified atom stereocenters. The maximum atomic E-state index is 14.7. The van der Waals surface area contributed by atoms with Gasteiger partial charge in [0.05, 0.1) is 72.2 Å². The number of amides is 1. The highest BCUT2D eigenvalue weighted by Gasteiger charge is 2.29. The zero-order valence-electron chi connectivity index (χ0n) is 17.0. The van der Waals surface area contributed by atoms with E-state index in [4.69, 9.17) is 4.74 Å². The number of rotatable bonds is 4. The molecular weight excluding hydrogens is 415 g/mol. The second-order valence-corrected chi connectivity index (χ2v) is 7.53. The molecule has 1 amide bonds. The molecule has 1 aromatic carbocycles. The highest BCUT2D eigenvalue weighted by molar-refractivity contribution is 6.01. The minimum absolute atomic E-state index is 0.0751. The number of benzene rings is 1. The molecule has 2 N–H and O–H groups in total. The topological polar surface area (TPSA) is 116 Å². The average Bonchev–Trinajstić information content (AvgIpc) is 3.45. The fourth-order valence-electron chi connectivity index (χ4n) is 4.11. The molecule has 1 fully saturated rings. The second kappa shape index (κ2) is 8.03. The average molecular weight is 434 g/mol. The molecule has 2 aliphatic rings. The Morgan fingerprint density at radius 1 is 1.34 bits per heavy atom. The number of fused-ring (bicyclic) bond motifs is 1. The third kappa shape index (κ3) is 3.28. The van der Waals surface area contributed by atoms with Crippen molar-refractivity contribution < 1.29 is 19.0 Å². The molecule has 0 spiro atoms. The number of carbonyl (C=O) groups excluding carboxylic acids is 1. The van der Waals surface area contributed by atoms with Gasteiger partial charge in [0.2, 0.25) is 0 Å². The van der Waals surface area contributed by atoms with Crippen molar-refractivity contribution in [3.05, 3.63) is 59.2 Å². The molecule has 2 aliphatic heterocycles. The summed E-state index contributed by atoms with van der Waals surface area (Å²) in [6.45, 7) is 1.61. The predicted octanol–water partition coefficient (Wildman–Crippen LogP) is 1.39. The van der Waals surface area contributed by atoms with E-state index in [0.29, 0.717) is 42.5 Å². The lowest BCUT2D eigenvalue weighted by Crippen LogP contribution is -2.47. The normalized spacial score (nSPS) is 17.7. The van der Waals surface area contributed by atoms with Crippen LogP contribution in [-0.2, 0) is 11.3 Å². The summed E-state index contributed by atoms with van der Waals surface area (Å²) < 4.78 is 21.6. The molecule has 5 rings (SSSR count). The lowest BCUT2D eigenvalue weighted by molar-refractivity contribution is 0.0722. The molecule has 0 bridgehead atoms. The van der Waals surface area contributed by atoms with E-state index in [-0.39, 0.29) is 41.9 Å². The smallest absolute Gasteiger partial charge is 0.255 e. The van der Waals surface area contributed by atoms with Gasteiger partial charge in [0.1, 0.15) is 5.82 Å². The number of carbonyl (C=O) groups is 1. The van der Waals surface area contributed by atoms with E-state index in [1.54, 1.807) is 23.0 Å². The van der Waals surface area contributed by atoms with E-state index < -0.39 is 5.82 Å². The molecule has 0 saturated carbocycles. The zero-order chi connectivity index (χ0) is 22.2. The first-order chi connectivity index (χ1) is 15.6. The summed E-state index contributed by atoms with van der Waals surface area (Å²) in [4.78, 5) is 19.0. The summed E-state index contributed by atoms with van der Waals surface area (Å²) in [5, 5.41) is 26.5. The maximum Gasteiger partial charge on any atom is 0.255 e. The summed E-state index contributed by atoms with van der Waals surface area (Å²) in [6.07, 6.45) is 1.71. The lowest BCUT2D eigenvalue weighted by Gasteiger charge is -2.34. The first-order valence-electron chi connectivity index (χ1n) is 10.1. The number of nitrogens with zero attached hydrogens (tertiary/aromatic N) is 5. The highest BCUT2D eigenvalue weighted by Crippen LogP contribution is 2.31. The lowest BCUT2D eigenvalue weighted by atomic mass is 10.0. The van der Waals surface area contributed by atoms with Crippen LogP contribution in [0.5, 0.6) is 0 Å². The number of nitrogens with one attached hydrogen (secondary N) is 1. The molecule has 2 aromatic heterocycles. The van der Waals surface area contributed by atoms with Crippen LogP contribution >= 0.6 is 0 Å². The largest absolute Gasteiger partial charge is 0.394 e. The monoisotopic (exact) mass is 434 g/mol. The van der Waals surface area contributed by atoms with Gasteiger partial charge in [-0.2, -0.15) is 10.4 Å². The van der Waals surface area contributed by atoms with Gasteiger partial charge in [-0.05, 0) is 18.2 Å². The zero-order valence-corrected chi connectivity index (χ0v) is 17.0. The maximum absolute atomic E-state index is 14.7. The Labute approximate surface area is 182 Å². The summed E-state index contributed by atoms with van der Waals surface area (Å²) in [6, 6.07) is 9.41. The molecule has 1 saturated heterocycles. The van der Waals surface area contributed by atoms with Gasteiger partial charge in [-0.3, -0.25) is 4.79 Å². The van der Waals surface area contributed by atoms with E-state index in [0.717, 1.165) is 0 Å². The first kappa shape index (κ1) is 20.1. The van der Waals surface area contributed by atoms with Crippen LogP contribution < -0.4 is 10.2 Å². The van der Waals surface area contributed by atoms with Crippen molar-refractivity contribution >= 4 is 11.7 Å². The van der Waals surface area contributed by atoms with Crippen LogP contribution in [0.25, 0.3) is 16.9 Å². The van der Waals surface area contributed by atoms with Gasteiger partial charge >= 0.3 is 0 Å². The van der Waals surface area contributed by atoms with Crippen molar-refractivity contribution in [3.8, 4) is 23.0 Å². The Balaban J connectivity index is 1.64. The first-order valence-corrected chi connectivity index (χ1v) is 10.1. The summed E-state index contributed by atoms with van der Waals surface area (Å²) in [7, 11) is 0. The van der Waals surface area contributed by atoms with Crippen LogP contribution in [0, 0.1) is 17.1 Å². The van der Waals surface area contributed by atoms with Crippen molar-refractivity contribution in [2.75, 3.05) is 31.3 Å². The van der Waals surface area contributed by atoms with E-state index >= 15 is 0 Å². The number of nitriles is 1. The Hall–Kier alpha value is -3.81. The molecule has 9 nitrogen and oxygen atoms in total. The number of aliphatic hydroxyl groups is 1. The van der Waals surface area contributed by atoms with E-state index in [1.807, 2.05) is 11.0 Å². The Bertz CT molecular complexity index is 1250. The Morgan fingerprint density at radius 2 is 2.22 bits per heavy atom. The number of ether oxygens (including phenoxy) is 1. The molecule has 0 aliphatic carbocycles. The van der Waals surface area contributed by atoms with Crippen molar-refractivity contribution in [1.82, 2.24) is 20.1 Å². The van der Waals surface area contributed by atoms with Crippen molar-refractivity contribution in [1.29, 1.82) is 5.26 Å². The summed E-state index contributed by atoms with van der Waals surface area (Å²) >= 11 is 0. The second-order valence-electron chi connectivity index (χ2n) is 7.53. The van der Waals surface area contributed by atoms with Gasteiger partial charge in [0.25, 0.3) is 5.91 Å².